The van der Waals surface area contributed by atoms with Gasteiger partial charge in [0, 0.05) is 0 Å². The fourth-order valence-electron chi connectivity index (χ4n) is 0.122. The summed E-state index contributed by atoms with van der Waals surface area (Å²) >= 11 is -1.10. The minimum Gasteiger partial charge on any atom is -0.803 e. The van der Waals surface area contributed by atoms with E-state index in [0.29, 0.717) is 0 Å². The summed E-state index contributed by atoms with van der Waals surface area (Å²) in [5, 5.41) is 0. The fourth-order valence-corrected chi connectivity index (χ4v) is 3.31. The lowest BCUT2D eigenvalue weighted by Gasteiger charge is -2.38. The van der Waals surface area contributed by atoms with Gasteiger partial charge in [0.25, 0.3) is 0 Å². The second-order valence-electron chi connectivity index (χ2n) is 0.976. The summed E-state index contributed by atoms with van der Waals surface area (Å²) in [6.45, 7) is -10.5. The quantitative estimate of drug-likeness (QED) is 0.436. The molecule has 0 bridgehead atoms. The Morgan fingerprint density at radius 1 is 0.889 bits per heavy atom. The zero-order chi connectivity index (χ0) is 7.71. The standard InChI is InChI=1S/H4O6P2S/c1-7(2,3)9-8(4,5)6/h(H2,1,2,3)(H2,4,5,6)/p-4. The first-order valence-corrected chi connectivity index (χ1v) is 6.57. The maximum atomic E-state index is 9.51. The van der Waals surface area contributed by atoms with Crippen LogP contribution < -0.4 is 19.6 Å². The fraction of sp³-hybridized carbons (Fsp3) is 0. The van der Waals surface area contributed by atoms with Crippen LogP contribution >= 0.6 is 24.6 Å². The van der Waals surface area contributed by atoms with E-state index in [1.807, 2.05) is 0 Å². The highest BCUT2D eigenvalue weighted by Crippen LogP contribution is 2.60. The topological polar surface area (TPSA) is 126 Å². The van der Waals surface area contributed by atoms with Gasteiger partial charge in [-0.1, -0.05) is 11.0 Å². The summed E-state index contributed by atoms with van der Waals surface area (Å²) in [6.07, 6.45) is 0. The molecule has 0 spiro atoms. The average molecular weight is 190 g/mol. The van der Waals surface area contributed by atoms with Gasteiger partial charge in [-0.3, -0.25) is 0 Å². The van der Waals surface area contributed by atoms with Crippen LogP contribution in [0.3, 0.4) is 0 Å². The van der Waals surface area contributed by atoms with Crippen LogP contribution in [0.15, 0.2) is 0 Å². The van der Waals surface area contributed by atoms with Crippen LogP contribution in [0.2, 0.25) is 0 Å². The Morgan fingerprint density at radius 3 is 1.11 bits per heavy atom. The summed E-state index contributed by atoms with van der Waals surface area (Å²) < 4.78 is 19.0. The molecule has 0 aliphatic heterocycles. The lowest BCUT2D eigenvalue weighted by Crippen LogP contribution is -2.16. The van der Waals surface area contributed by atoms with E-state index in [0.717, 1.165) is 0 Å². The molecule has 0 aromatic heterocycles. The van der Waals surface area contributed by atoms with Gasteiger partial charge in [0.05, 0.1) is 0 Å². The number of hydrogen-bond donors (Lipinski definition) is 0. The van der Waals surface area contributed by atoms with E-state index in [2.05, 4.69) is 0 Å². The maximum Gasteiger partial charge on any atom is -0.00540 e. The predicted octanol–water partition coefficient (Wildman–Crippen LogP) is -2.62. The van der Waals surface area contributed by atoms with Crippen LogP contribution in [0.5, 0.6) is 0 Å². The van der Waals surface area contributed by atoms with Crippen LogP contribution in [0.4, 0.5) is 0 Å². The zero-order valence-corrected chi connectivity index (χ0v) is 6.36. The SMILES string of the molecule is O=P([O-])([O-])SP(=O)([O-])[O-]. The molecule has 0 atom stereocenters. The van der Waals surface area contributed by atoms with Gasteiger partial charge in [-0.05, 0) is 13.6 Å². The summed E-state index contributed by atoms with van der Waals surface area (Å²) in [6, 6.07) is 0. The zero-order valence-electron chi connectivity index (χ0n) is 3.75. The van der Waals surface area contributed by atoms with Crippen molar-refractivity contribution in [2.24, 2.45) is 0 Å². The Morgan fingerprint density at radius 2 is 1.11 bits per heavy atom. The molecule has 0 N–H and O–H groups in total. The third-order valence-electron chi connectivity index (χ3n) is 0.200. The first kappa shape index (κ1) is 9.65. The molecule has 0 heterocycles. The molecule has 0 radical (unpaired) electrons. The second kappa shape index (κ2) is 2.72. The van der Waals surface area contributed by atoms with E-state index < -0.39 is 24.6 Å². The normalized spacial score (nSPS) is 13.8. The molecular formula is O6P2S-4. The van der Waals surface area contributed by atoms with Crippen LogP contribution in [0.25, 0.3) is 0 Å². The molecule has 0 aromatic rings. The molecule has 56 valence electrons. The second-order valence-corrected chi connectivity index (χ2v) is 7.57. The van der Waals surface area contributed by atoms with Crippen molar-refractivity contribution < 1.29 is 28.7 Å². The summed E-state index contributed by atoms with van der Waals surface area (Å²) in [5.74, 6) is 0. The highest BCUT2D eigenvalue weighted by molar-refractivity contribution is 8.83. The van der Waals surface area contributed by atoms with E-state index >= 15 is 0 Å². The molecule has 0 unspecified atom stereocenters. The molecule has 0 rings (SSSR count). The molecule has 0 aliphatic rings. The van der Waals surface area contributed by atoms with Gasteiger partial charge in [-0.15, -0.1) is 0 Å². The number of hydrogen-bond acceptors (Lipinski definition) is 7. The summed E-state index contributed by atoms with van der Waals surface area (Å²) in [7, 11) is 0. The van der Waals surface area contributed by atoms with Gasteiger partial charge in [-0.2, -0.15) is 0 Å². The van der Waals surface area contributed by atoms with E-state index in [-0.39, 0.29) is 0 Å². The predicted molar refractivity (Wildman–Crippen MR) is 22.8 cm³/mol. The Bertz CT molecular complexity index is 151. The Labute approximate surface area is 54.1 Å². The maximum absolute atomic E-state index is 9.51. The molecule has 0 aromatic carbocycles. The molecule has 0 aliphatic carbocycles. The van der Waals surface area contributed by atoms with E-state index in [9.17, 15) is 28.7 Å². The highest BCUT2D eigenvalue weighted by atomic mass is 33.1. The van der Waals surface area contributed by atoms with Crippen molar-refractivity contribution in [2.45, 2.75) is 0 Å². The molecule has 0 fully saturated rings. The first-order chi connectivity index (χ1) is 3.71. The average Bonchev–Trinajstić information content (AvgIpc) is 1.14. The van der Waals surface area contributed by atoms with Crippen molar-refractivity contribution in [3.8, 4) is 0 Å². The van der Waals surface area contributed by atoms with Gasteiger partial charge < -0.3 is 28.7 Å². The largest absolute Gasteiger partial charge is 0.803 e. The Balaban J connectivity index is 4.07. The van der Waals surface area contributed by atoms with Gasteiger partial charge in [0.2, 0.25) is 0 Å². The molecule has 0 saturated carbocycles. The molecule has 0 saturated heterocycles. The molecule has 6 nitrogen and oxygen atoms in total. The minimum atomic E-state index is -5.26. The molecular weight excluding hydrogens is 190 g/mol. The molecule has 9 heavy (non-hydrogen) atoms. The molecule has 0 amide bonds. The summed E-state index contributed by atoms with van der Waals surface area (Å²) in [4.78, 5) is 38.0. The van der Waals surface area contributed by atoms with Gasteiger partial charge in [0.1, 0.15) is 0 Å². The van der Waals surface area contributed by atoms with E-state index in [1.165, 1.54) is 0 Å². The van der Waals surface area contributed by atoms with Crippen molar-refractivity contribution in [1.82, 2.24) is 0 Å². The lowest BCUT2D eigenvalue weighted by atomic mass is 15.8. The monoisotopic (exact) mass is 190 g/mol. The van der Waals surface area contributed by atoms with Crippen LogP contribution in [-0.4, -0.2) is 0 Å². The van der Waals surface area contributed by atoms with Crippen LogP contribution in [0, 0.1) is 0 Å². The van der Waals surface area contributed by atoms with Crippen molar-refractivity contribution >= 4 is 24.6 Å². The summed E-state index contributed by atoms with van der Waals surface area (Å²) in [5.41, 5.74) is 0. The number of rotatable bonds is 2. The van der Waals surface area contributed by atoms with Gasteiger partial charge in [-0.25, -0.2) is 0 Å². The highest BCUT2D eigenvalue weighted by Gasteiger charge is 1.94. The van der Waals surface area contributed by atoms with Gasteiger partial charge in [0.15, 0.2) is 0 Å². The van der Waals surface area contributed by atoms with Crippen molar-refractivity contribution in [2.75, 3.05) is 0 Å². The molecule has 9 heteroatoms. The third-order valence-corrected chi connectivity index (χ3v) is 5.40. The van der Waals surface area contributed by atoms with Gasteiger partial charge >= 0.3 is 0 Å². The minimum absolute atomic E-state index is 1.10. The smallest absolute Gasteiger partial charge is 0.00540 e. The Kier molecular flexibility index (Phi) is 2.91. The third kappa shape index (κ3) is 8.65. The van der Waals surface area contributed by atoms with Crippen molar-refractivity contribution in [1.29, 1.82) is 0 Å². The van der Waals surface area contributed by atoms with E-state index in [4.69, 9.17) is 0 Å². The first-order valence-electron chi connectivity index (χ1n) is 1.46. The van der Waals surface area contributed by atoms with E-state index in [1.54, 1.807) is 0 Å². The van der Waals surface area contributed by atoms with Crippen molar-refractivity contribution in [3.63, 3.8) is 0 Å². The van der Waals surface area contributed by atoms with Crippen LogP contribution in [0.1, 0.15) is 0 Å². The lowest BCUT2D eigenvalue weighted by molar-refractivity contribution is -0.306. The Hall–Kier alpha value is 0.650. The van der Waals surface area contributed by atoms with Crippen molar-refractivity contribution in [3.05, 3.63) is 0 Å². The van der Waals surface area contributed by atoms with Crippen LogP contribution in [-0.2, 0) is 9.13 Å².